The molecule has 6 heteroatoms. The van der Waals surface area contributed by atoms with Gasteiger partial charge in [-0.3, -0.25) is 4.79 Å². The first-order valence-corrected chi connectivity index (χ1v) is 12.1. The Labute approximate surface area is 205 Å². The van der Waals surface area contributed by atoms with Crippen LogP contribution in [-0.4, -0.2) is 39.8 Å². The van der Waals surface area contributed by atoms with Crippen LogP contribution in [0.3, 0.4) is 0 Å². The first-order valence-electron chi connectivity index (χ1n) is 12.1. The van der Waals surface area contributed by atoms with E-state index in [1.807, 2.05) is 92.4 Å². The fraction of sp³-hybridized carbons (Fsp3) is 0.310. The van der Waals surface area contributed by atoms with Crippen molar-refractivity contribution in [3.8, 4) is 5.75 Å². The van der Waals surface area contributed by atoms with Gasteiger partial charge in [0.2, 0.25) is 5.91 Å². The normalized spacial score (nSPS) is 16.7. The number of nitrogens with zero attached hydrogens (tertiary/aromatic N) is 3. The summed E-state index contributed by atoms with van der Waals surface area (Å²) in [6, 6.07) is 22.0. The highest BCUT2D eigenvalue weighted by molar-refractivity contribution is 5.96. The minimum Gasteiger partial charge on any atom is -0.491 e. The molecule has 0 aliphatic carbocycles. The van der Waals surface area contributed by atoms with Crippen molar-refractivity contribution in [1.29, 1.82) is 0 Å². The van der Waals surface area contributed by atoms with Crippen molar-refractivity contribution < 1.29 is 14.6 Å². The molecule has 4 aromatic rings. The highest BCUT2D eigenvalue weighted by Crippen LogP contribution is 2.33. The van der Waals surface area contributed by atoms with Crippen molar-refractivity contribution in [3.05, 3.63) is 89.2 Å². The van der Waals surface area contributed by atoms with Gasteiger partial charge in [0.05, 0.1) is 17.6 Å². The van der Waals surface area contributed by atoms with Crippen LogP contribution in [0.2, 0.25) is 0 Å². The molecule has 1 saturated heterocycles. The summed E-state index contributed by atoms with van der Waals surface area (Å²) in [6.07, 6.45) is -0.331. The number of hydrogen-bond donors (Lipinski definition) is 1. The number of benzene rings is 3. The van der Waals surface area contributed by atoms with Gasteiger partial charge in [0, 0.05) is 24.6 Å². The van der Waals surface area contributed by atoms with Gasteiger partial charge in [0.15, 0.2) is 0 Å². The Bertz CT molecular complexity index is 1380. The highest BCUT2D eigenvalue weighted by Gasteiger charge is 2.35. The molecule has 2 heterocycles. The number of aromatic nitrogens is 2. The van der Waals surface area contributed by atoms with Gasteiger partial charge in [-0.25, -0.2) is 4.98 Å². The molecule has 35 heavy (non-hydrogen) atoms. The van der Waals surface area contributed by atoms with E-state index in [-0.39, 0.29) is 18.4 Å². The molecule has 2 atom stereocenters. The number of imidazole rings is 1. The number of carbonyl (C=O) groups excluding carboxylic acids is 1. The first kappa shape index (κ1) is 23.1. The second-order valence-electron chi connectivity index (χ2n) is 9.55. The SMILES string of the molecule is Cc1cccc(N2C[C@H](c3nc4ccccc4n3C[C@H](O)COc3cc(C)ccc3C)CC2=O)c1. The fourth-order valence-corrected chi connectivity index (χ4v) is 4.84. The molecule has 1 N–H and O–H groups in total. The smallest absolute Gasteiger partial charge is 0.227 e. The number of amides is 1. The summed E-state index contributed by atoms with van der Waals surface area (Å²) in [6.45, 7) is 7.14. The van der Waals surface area contributed by atoms with Gasteiger partial charge in [-0.2, -0.15) is 0 Å². The molecule has 0 spiro atoms. The average Bonchev–Trinajstić information content (AvgIpc) is 3.40. The number of anilines is 1. The van der Waals surface area contributed by atoms with E-state index in [0.29, 0.717) is 19.5 Å². The van der Waals surface area contributed by atoms with E-state index < -0.39 is 6.10 Å². The highest BCUT2D eigenvalue weighted by atomic mass is 16.5. The van der Waals surface area contributed by atoms with E-state index in [9.17, 15) is 9.90 Å². The van der Waals surface area contributed by atoms with Crippen molar-refractivity contribution >= 4 is 22.6 Å². The zero-order valence-electron chi connectivity index (χ0n) is 20.4. The van der Waals surface area contributed by atoms with Gasteiger partial charge in [-0.05, 0) is 67.8 Å². The Morgan fingerprint density at radius 3 is 2.66 bits per heavy atom. The number of fused-ring (bicyclic) bond motifs is 1. The van der Waals surface area contributed by atoms with Crippen LogP contribution in [0.1, 0.15) is 34.9 Å². The molecular formula is C29H31N3O3. The number of carbonyl (C=O) groups is 1. The molecule has 0 bridgehead atoms. The van der Waals surface area contributed by atoms with Gasteiger partial charge in [0.25, 0.3) is 0 Å². The Hall–Kier alpha value is -3.64. The van der Waals surface area contributed by atoms with Crippen LogP contribution in [0.25, 0.3) is 11.0 Å². The van der Waals surface area contributed by atoms with Gasteiger partial charge in [-0.1, -0.05) is 36.4 Å². The third-order valence-electron chi connectivity index (χ3n) is 6.66. The number of aliphatic hydroxyl groups excluding tert-OH is 1. The third-order valence-corrected chi connectivity index (χ3v) is 6.66. The quantitative estimate of drug-likeness (QED) is 0.417. The minimum atomic E-state index is -0.726. The summed E-state index contributed by atoms with van der Waals surface area (Å²) in [5, 5.41) is 10.9. The Kier molecular flexibility index (Phi) is 6.31. The van der Waals surface area contributed by atoms with E-state index in [1.165, 1.54) is 0 Å². The average molecular weight is 470 g/mol. The molecule has 180 valence electrons. The van der Waals surface area contributed by atoms with Crippen molar-refractivity contribution in [2.45, 2.75) is 45.8 Å². The zero-order valence-corrected chi connectivity index (χ0v) is 20.4. The summed E-state index contributed by atoms with van der Waals surface area (Å²) < 4.78 is 8.02. The maximum Gasteiger partial charge on any atom is 0.227 e. The van der Waals surface area contributed by atoms with Gasteiger partial charge < -0.3 is 19.3 Å². The lowest BCUT2D eigenvalue weighted by Gasteiger charge is -2.19. The van der Waals surface area contributed by atoms with Crippen LogP contribution in [-0.2, 0) is 11.3 Å². The molecule has 1 aliphatic rings. The van der Waals surface area contributed by atoms with Crippen molar-refractivity contribution in [2.75, 3.05) is 18.1 Å². The topological polar surface area (TPSA) is 67.6 Å². The van der Waals surface area contributed by atoms with Crippen molar-refractivity contribution in [1.82, 2.24) is 9.55 Å². The molecule has 1 fully saturated rings. The van der Waals surface area contributed by atoms with Crippen LogP contribution >= 0.6 is 0 Å². The van der Waals surface area contributed by atoms with E-state index in [1.54, 1.807) is 0 Å². The van der Waals surface area contributed by atoms with Gasteiger partial charge >= 0.3 is 0 Å². The Balaban J connectivity index is 1.39. The van der Waals surface area contributed by atoms with Crippen LogP contribution in [0.4, 0.5) is 5.69 Å². The maximum atomic E-state index is 13.0. The molecular weight excluding hydrogens is 438 g/mol. The predicted molar refractivity (Wildman–Crippen MR) is 138 cm³/mol. The van der Waals surface area contributed by atoms with Crippen LogP contribution < -0.4 is 9.64 Å². The molecule has 1 aromatic heterocycles. The summed E-state index contributed by atoms with van der Waals surface area (Å²) >= 11 is 0. The van der Waals surface area contributed by atoms with E-state index in [4.69, 9.17) is 9.72 Å². The van der Waals surface area contributed by atoms with Crippen LogP contribution in [0.5, 0.6) is 5.75 Å². The Morgan fingerprint density at radius 2 is 1.83 bits per heavy atom. The monoisotopic (exact) mass is 469 g/mol. The van der Waals surface area contributed by atoms with E-state index in [2.05, 4.69) is 4.57 Å². The third kappa shape index (κ3) is 4.80. The van der Waals surface area contributed by atoms with Crippen LogP contribution in [0.15, 0.2) is 66.7 Å². The molecule has 6 nitrogen and oxygen atoms in total. The van der Waals surface area contributed by atoms with E-state index in [0.717, 1.165) is 45.0 Å². The standard InChI is InChI=1S/C29H31N3O3/c1-19-7-6-8-23(13-19)31-16-22(15-28(31)34)29-30-25-9-4-5-10-26(25)32(29)17-24(33)18-35-27-14-20(2)11-12-21(27)3/h4-14,22,24,33H,15-18H2,1-3H3/t22-,24+/m1/s1. The van der Waals surface area contributed by atoms with Gasteiger partial charge in [-0.15, -0.1) is 0 Å². The molecule has 1 aliphatic heterocycles. The van der Waals surface area contributed by atoms with Crippen LogP contribution in [0, 0.1) is 20.8 Å². The molecule has 0 unspecified atom stereocenters. The summed E-state index contributed by atoms with van der Waals surface area (Å²) in [5.74, 6) is 1.66. The summed E-state index contributed by atoms with van der Waals surface area (Å²) in [5.41, 5.74) is 6.02. The van der Waals surface area contributed by atoms with E-state index >= 15 is 0 Å². The lowest BCUT2D eigenvalue weighted by Crippen LogP contribution is -2.26. The lowest BCUT2D eigenvalue weighted by atomic mass is 10.1. The molecule has 3 aromatic carbocycles. The predicted octanol–water partition coefficient (Wildman–Crippen LogP) is 4.92. The van der Waals surface area contributed by atoms with Crippen molar-refractivity contribution in [3.63, 3.8) is 0 Å². The number of para-hydroxylation sites is 2. The minimum absolute atomic E-state index is 0.0532. The first-order chi connectivity index (χ1) is 16.9. The summed E-state index contributed by atoms with van der Waals surface area (Å²) in [7, 11) is 0. The zero-order chi connectivity index (χ0) is 24.5. The Morgan fingerprint density at radius 1 is 1.03 bits per heavy atom. The molecule has 0 saturated carbocycles. The summed E-state index contributed by atoms with van der Waals surface area (Å²) in [4.78, 5) is 19.7. The van der Waals surface area contributed by atoms with Gasteiger partial charge in [0.1, 0.15) is 24.3 Å². The molecule has 0 radical (unpaired) electrons. The maximum absolute atomic E-state index is 13.0. The van der Waals surface area contributed by atoms with Crippen molar-refractivity contribution in [2.24, 2.45) is 0 Å². The number of aryl methyl sites for hydroxylation is 3. The second-order valence-corrected chi connectivity index (χ2v) is 9.55. The number of rotatable bonds is 7. The molecule has 5 rings (SSSR count). The number of aliphatic hydroxyl groups is 1. The largest absolute Gasteiger partial charge is 0.491 e. The number of hydrogen-bond acceptors (Lipinski definition) is 4. The fourth-order valence-electron chi connectivity index (χ4n) is 4.84. The lowest BCUT2D eigenvalue weighted by molar-refractivity contribution is -0.117. The molecule has 1 amide bonds. The number of ether oxygens (including phenoxy) is 1. The second kappa shape index (κ2) is 9.55.